The first-order valence-corrected chi connectivity index (χ1v) is 7.19. The van der Waals surface area contributed by atoms with Crippen molar-refractivity contribution in [1.82, 2.24) is 9.97 Å². The van der Waals surface area contributed by atoms with E-state index in [4.69, 9.17) is 10.5 Å². The molecule has 114 valence electrons. The van der Waals surface area contributed by atoms with Gasteiger partial charge < -0.3 is 20.7 Å². The Morgan fingerprint density at radius 1 is 1.40 bits per heavy atom. The van der Waals surface area contributed by atoms with Crippen LogP contribution in [0.25, 0.3) is 0 Å². The molecule has 0 radical (unpaired) electrons. The number of nitrogens with two attached hydrogens (primary N) is 1. The van der Waals surface area contributed by atoms with Gasteiger partial charge in [-0.05, 0) is 12.3 Å². The highest BCUT2D eigenvalue weighted by molar-refractivity contribution is 5.52. The second-order valence-corrected chi connectivity index (χ2v) is 5.23. The molecular formula is C14H27N5O. The standard InChI is InChI=1S/C14H27N5O/c1-5-6-16-12-9-13(18-14(15)17-12)19(7-8-20-4)10-11(2)3/h9,11H,5-8,10H2,1-4H3,(H3,15,16,17,18). The van der Waals surface area contributed by atoms with Crippen molar-refractivity contribution < 1.29 is 4.74 Å². The fourth-order valence-electron chi connectivity index (χ4n) is 1.90. The summed E-state index contributed by atoms with van der Waals surface area (Å²) in [7, 11) is 1.70. The molecule has 1 aromatic heterocycles. The number of nitrogens with one attached hydrogen (secondary N) is 1. The molecule has 3 N–H and O–H groups in total. The van der Waals surface area contributed by atoms with Crippen LogP contribution in [0, 0.1) is 5.92 Å². The molecule has 0 spiro atoms. The number of anilines is 3. The summed E-state index contributed by atoms with van der Waals surface area (Å²) < 4.78 is 5.17. The van der Waals surface area contributed by atoms with Gasteiger partial charge in [0.05, 0.1) is 6.61 Å². The topological polar surface area (TPSA) is 76.3 Å². The Kier molecular flexibility index (Phi) is 7.08. The molecule has 1 heterocycles. The molecule has 0 aliphatic rings. The summed E-state index contributed by atoms with van der Waals surface area (Å²) in [4.78, 5) is 10.7. The minimum atomic E-state index is 0.298. The summed E-state index contributed by atoms with van der Waals surface area (Å²) in [5.41, 5.74) is 5.81. The molecule has 6 nitrogen and oxygen atoms in total. The molecule has 0 amide bonds. The quantitative estimate of drug-likeness (QED) is 0.721. The number of methoxy groups -OCH3 is 1. The number of hydrogen-bond donors (Lipinski definition) is 2. The number of ether oxygens (including phenoxy) is 1. The van der Waals surface area contributed by atoms with E-state index in [2.05, 4.69) is 41.0 Å². The van der Waals surface area contributed by atoms with E-state index >= 15 is 0 Å². The SMILES string of the molecule is CCCNc1cc(N(CCOC)CC(C)C)nc(N)n1. The van der Waals surface area contributed by atoms with E-state index in [1.54, 1.807) is 7.11 Å². The molecule has 0 saturated heterocycles. The zero-order chi connectivity index (χ0) is 15.0. The predicted molar refractivity (Wildman–Crippen MR) is 84.2 cm³/mol. The summed E-state index contributed by atoms with van der Waals surface area (Å²) in [5, 5.41) is 3.25. The molecule has 20 heavy (non-hydrogen) atoms. The van der Waals surface area contributed by atoms with E-state index in [9.17, 15) is 0 Å². The average molecular weight is 281 g/mol. The van der Waals surface area contributed by atoms with Gasteiger partial charge in [0.25, 0.3) is 0 Å². The van der Waals surface area contributed by atoms with Gasteiger partial charge in [0, 0.05) is 32.8 Å². The Balaban J connectivity index is 2.89. The van der Waals surface area contributed by atoms with Crippen molar-refractivity contribution in [2.45, 2.75) is 27.2 Å². The van der Waals surface area contributed by atoms with Crippen molar-refractivity contribution >= 4 is 17.6 Å². The summed E-state index contributed by atoms with van der Waals surface area (Å²) >= 11 is 0. The van der Waals surface area contributed by atoms with Gasteiger partial charge in [-0.3, -0.25) is 0 Å². The molecule has 1 rings (SSSR count). The molecule has 0 bridgehead atoms. The second-order valence-electron chi connectivity index (χ2n) is 5.23. The van der Waals surface area contributed by atoms with E-state index in [0.29, 0.717) is 18.5 Å². The second kappa shape index (κ2) is 8.58. The minimum absolute atomic E-state index is 0.298. The predicted octanol–water partition coefficient (Wildman–Crippen LogP) is 1.99. The molecular weight excluding hydrogens is 254 g/mol. The molecule has 0 unspecified atom stereocenters. The summed E-state index contributed by atoms with van der Waals surface area (Å²) in [6.45, 7) is 9.71. The van der Waals surface area contributed by atoms with Gasteiger partial charge in [-0.25, -0.2) is 0 Å². The summed E-state index contributed by atoms with van der Waals surface area (Å²) in [5.74, 6) is 2.46. The third kappa shape index (κ3) is 5.61. The highest BCUT2D eigenvalue weighted by atomic mass is 16.5. The lowest BCUT2D eigenvalue weighted by Crippen LogP contribution is -2.32. The van der Waals surface area contributed by atoms with Crippen LogP contribution in [0.3, 0.4) is 0 Å². The van der Waals surface area contributed by atoms with Gasteiger partial charge in [0.15, 0.2) is 0 Å². The van der Waals surface area contributed by atoms with Crippen LogP contribution in [0.4, 0.5) is 17.6 Å². The Morgan fingerprint density at radius 3 is 2.75 bits per heavy atom. The smallest absolute Gasteiger partial charge is 0.223 e. The van der Waals surface area contributed by atoms with Gasteiger partial charge in [0.1, 0.15) is 11.6 Å². The molecule has 6 heteroatoms. The Morgan fingerprint density at radius 2 is 2.15 bits per heavy atom. The van der Waals surface area contributed by atoms with Crippen molar-refractivity contribution in [2.24, 2.45) is 5.92 Å². The Hall–Kier alpha value is -1.56. The summed E-state index contributed by atoms with van der Waals surface area (Å²) in [6, 6.07) is 1.95. The van der Waals surface area contributed by atoms with Crippen LogP contribution in [0.2, 0.25) is 0 Å². The maximum absolute atomic E-state index is 5.81. The molecule has 0 atom stereocenters. The van der Waals surface area contributed by atoms with E-state index in [1.165, 1.54) is 0 Å². The lowest BCUT2D eigenvalue weighted by atomic mass is 10.2. The largest absolute Gasteiger partial charge is 0.383 e. The third-order valence-corrected chi connectivity index (χ3v) is 2.76. The van der Waals surface area contributed by atoms with Crippen molar-refractivity contribution in [1.29, 1.82) is 0 Å². The van der Waals surface area contributed by atoms with Crippen LogP contribution in [-0.4, -0.2) is 43.3 Å². The normalized spacial score (nSPS) is 10.8. The summed E-state index contributed by atoms with van der Waals surface area (Å²) in [6.07, 6.45) is 1.04. The number of aromatic nitrogens is 2. The lowest BCUT2D eigenvalue weighted by molar-refractivity contribution is 0.204. The maximum Gasteiger partial charge on any atom is 0.223 e. The monoisotopic (exact) mass is 281 g/mol. The maximum atomic E-state index is 5.81. The first-order valence-electron chi connectivity index (χ1n) is 7.19. The van der Waals surface area contributed by atoms with Crippen LogP contribution in [0.1, 0.15) is 27.2 Å². The fourth-order valence-corrected chi connectivity index (χ4v) is 1.90. The fraction of sp³-hybridized carbons (Fsp3) is 0.714. The molecule has 0 fully saturated rings. The van der Waals surface area contributed by atoms with Gasteiger partial charge in [-0.2, -0.15) is 9.97 Å². The first-order chi connectivity index (χ1) is 9.56. The molecule has 0 aliphatic carbocycles. The molecule has 0 aromatic carbocycles. The van der Waals surface area contributed by atoms with Crippen LogP contribution < -0.4 is 16.0 Å². The minimum Gasteiger partial charge on any atom is -0.383 e. The van der Waals surface area contributed by atoms with Crippen molar-refractivity contribution in [3.05, 3.63) is 6.07 Å². The zero-order valence-electron chi connectivity index (χ0n) is 13.0. The average Bonchev–Trinajstić information content (AvgIpc) is 2.40. The Labute approximate surface area is 121 Å². The van der Waals surface area contributed by atoms with Crippen LogP contribution in [0.15, 0.2) is 6.07 Å². The van der Waals surface area contributed by atoms with E-state index in [1.807, 2.05) is 6.07 Å². The van der Waals surface area contributed by atoms with Crippen LogP contribution >= 0.6 is 0 Å². The number of nitrogen functional groups attached to an aromatic ring is 1. The number of hydrogen-bond acceptors (Lipinski definition) is 6. The molecule has 0 aliphatic heterocycles. The van der Waals surface area contributed by atoms with E-state index < -0.39 is 0 Å². The highest BCUT2D eigenvalue weighted by Gasteiger charge is 2.12. The van der Waals surface area contributed by atoms with E-state index in [-0.39, 0.29) is 0 Å². The van der Waals surface area contributed by atoms with Gasteiger partial charge in [-0.15, -0.1) is 0 Å². The van der Waals surface area contributed by atoms with Crippen molar-refractivity contribution in [3.63, 3.8) is 0 Å². The van der Waals surface area contributed by atoms with Crippen molar-refractivity contribution in [3.8, 4) is 0 Å². The lowest BCUT2D eigenvalue weighted by Gasteiger charge is -2.25. The molecule has 0 saturated carbocycles. The zero-order valence-corrected chi connectivity index (χ0v) is 13.0. The van der Waals surface area contributed by atoms with Gasteiger partial charge in [0.2, 0.25) is 5.95 Å². The van der Waals surface area contributed by atoms with Crippen molar-refractivity contribution in [2.75, 3.05) is 49.3 Å². The van der Waals surface area contributed by atoms with Gasteiger partial charge in [-0.1, -0.05) is 20.8 Å². The Bertz CT molecular complexity index is 397. The third-order valence-electron chi connectivity index (χ3n) is 2.76. The number of rotatable bonds is 9. The van der Waals surface area contributed by atoms with Gasteiger partial charge >= 0.3 is 0 Å². The number of nitrogens with zero attached hydrogens (tertiary/aromatic N) is 3. The first kappa shape index (κ1) is 16.5. The van der Waals surface area contributed by atoms with Crippen LogP contribution in [0.5, 0.6) is 0 Å². The molecule has 1 aromatic rings. The van der Waals surface area contributed by atoms with Crippen LogP contribution in [-0.2, 0) is 4.74 Å². The highest BCUT2D eigenvalue weighted by Crippen LogP contribution is 2.18. The van der Waals surface area contributed by atoms with E-state index in [0.717, 1.165) is 37.7 Å².